The van der Waals surface area contributed by atoms with E-state index in [-0.39, 0.29) is 17.3 Å². The summed E-state index contributed by atoms with van der Waals surface area (Å²) in [6.07, 6.45) is 0. The van der Waals surface area contributed by atoms with E-state index in [4.69, 9.17) is 0 Å². The lowest BCUT2D eigenvalue weighted by molar-refractivity contribution is 1.01. The fourth-order valence-corrected chi connectivity index (χ4v) is 4.67. The smallest absolute Gasteiger partial charge is 0.233 e. The first-order chi connectivity index (χ1) is 25.2. The first kappa shape index (κ1) is 38.8. The number of nitrogens with one attached hydrogen (secondary N) is 6. The van der Waals surface area contributed by atoms with Crippen LogP contribution in [0, 0.1) is 0 Å². The molecule has 2 heterocycles. The van der Waals surface area contributed by atoms with Gasteiger partial charge in [0.15, 0.2) is 0 Å². The van der Waals surface area contributed by atoms with Crippen molar-refractivity contribution in [2.75, 3.05) is 38.4 Å². The zero-order chi connectivity index (χ0) is 34.9. The Morgan fingerprint density at radius 2 is 0.642 bits per heavy atom. The number of aromatic nitrogens is 6. The minimum Gasteiger partial charge on any atom is -0.354 e. The van der Waals surface area contributed by atoms with Gasteiger partial charge in [0, 0.05) is 45.7 Å². The Balaban J connectivity index is 0.000000280. The summed E-state index contributed by atoms with van der Waals surface area (Å²) in [5.74, 6) is 2.93. The zero-order valence-corrected chi connectivity index (χ0v) is 28.6. The largest absolute Gasteiger partial charge is 0.354 e. The number of rotatable bonds is 13. The molecule has 0 spiro atoms. The topological polar surface area (TPSA) is 150 Å². The first-order valence-electron chi connectivity index (χ1n) is 16.5. The number of hydrogen-bond donors (Lipinski definition) is 6. The van der Waals surface area contributed by atoms with Crippen LogP contribution in [-0.4, -0.2) is 44.9 Å². The maximum Gasteiger partial charge on any atom is 0.233 e. The van der Waals surface area contributed by atoms with Crippen LogP contribution < -0.4 is 31.9 Å². The monoisotopic (exact) mass is 704 g/mol. The number of anilines is 10. The molecule has 0 aliphatic heterocycles. The van der Waals surface area contributed by atoms with E-state index in [0.29, 0.717) is 42.2 Å². The Morgan fingerprint density at radius 3 is 0.943 bits per heavy atom. The molecule has 0 aliphatic carbocycles. The Labute approximate surface area is 314 Å². The van der Waals surface area contributed by atoms with Gasteiger partial charge in [0.1, 0.15) is 0 Å². The van der Waals surface area contributed by atoms with Crippen LogP contribution in [0.5, 0.6) is 0 Å². The molecule has 6 N–H and O–H groups in total. The van der Waals surface area contributed by atoms with E-state index in [2.05, 4.69) is 73.9 Å². The van der Waals surface area contributed by atoms with Gasteiger partial charge in [0.25, 0.3) is 0 Å². The van der Waals surface area contributed by atoms with Crippen LogP contribution in [0.1, 0.15) is 21.3 Å². The van der Waals surface area contributed by atoms with Crippen molar-refractivity contribution in [1.29, 1.82) is 0 Å². The standard InChI is InChI=1S/C22H20N6.C17H18N6.CH4.B.H2/c1-4-10-17(11-5-1)16-23-20-26-21(24-18-12-6-2-7-13-18)28-22(27-20)25-19-14-8-3-9-15-19;1-2-18-15-21-16(19-13-9-5-3-6-10-13)23-17(22-15)20-14-11-7-4-8-12-14;;;/h1-15H,16H2,(H3,23,24,25,26,27,28);3-12H,2H2,1H3,(H3,18,19,20,21,22,23);1H4;;1H/i;;;;1+1. The third kappa shape index (κ3) is 12.7. The maximum absolute atomic E-state index is 4.50. The summed E-state index contributed by atoms with van der Waals surface area (Å²) in [7, 11) is 0. The Morgan fingerprint density at radius 1 is 0.377 bits per heavy atom. The molecule has 0 fully saturated rings. The molecule has 0 saturated heterocycles. The molecule has 0 saturated carbocycles. The molecule has 7 aromatic rings. The summed E-state index contributed by atoms with van der Waals surface area (Å²) in [6, 6.07) is 49.3. The molecule has 12 nitrogen and oxygen atoms in total. The van der Waals surface area contributed by atoms with Crippen molar-refractivity contribution in [1.82, 2.24) is 29.9 Å². The van der Waals surface area contributed by atoms with E-state index >= 15 is 0 Å². The van der Waals surface area contributed by atoms with Gasteiger partial charge in [-0.05, 0) is 61.0 Å². The van der Waals surface area contributed by atoms with E-state index in [1.54, 1.807) is 0 Å². The summed E-state index contributed by atoms with van der Waals surface area (Å²) >= 11 is 0. The average Bonchev–Trinajstić information content (AvgIpc) is 3.16. The molecular weight excluding hydrogens is 659 g/mol. The van der Waals surface area contributed by atoms with Crippen LogP contribution in [0.3, 0.4) is 0 Å². The molecule has 0 bridgehead atoms. The highest BCUT2D eigenvalue weighted by atomic mass is 15.3. The van der Waals surface area contributed by atoms with E-state index in [1.807, 2.05) is 146 Å². The number of nitrogens with zero attached hydrogens (tertiary/aromatic N) is 6. The van der Waals surface area contributed by atoms with Gasteiger partial charge in [0.2, 0.25) is 35.7 Å². The predicted molar refractivity (Wildman–Crippen MR) is 221 cm³/mol. The maximum atomic E-state index is 4.50. The molecule has 53 heavy (non-hydrogen) atoms. The van der Waals surface area contributed by atoms with Gasteiger partial charge in [-0.2, -0.15) is 29.9 Å². The highest BCUT2D eigenvalue weighted by Gasteiger charge is 2.09. The van der Waals surface area contributed by atoms with Gasteiger partial charge in [0.05, 0.1) is 0 Å². The van der Waals surface area contributed by atoms with Crippen molar-refractivity contribution in [3.05, 3.63) is 157 Å². The predicted octanol–water partition coefficient (Wildman–Crippen LogP) is 9.26. The van der Waals surface area contributed by atoms with Crippen LogP contribution in [0.25, 0.3) is 0 Å². The molecule has 7 rings (SSSR count). The summed E-state index contributed by atoms with van der Waals surface area (Å²) in [4.78, 5) is 26.7. The van der Waals surface area contributed by atoms with E-state index in [9.17, 15) is 0 Å². The SMILES string of the molecule is C.CCNc1nc(Nc2ccccc2)nc(Nc2ccccc2)n1.[2HH].[B].c1ccc(CNc2nc(Nc3ccccc3)nc(Nc3ccccc3)n2)cc1. The van der Waals surface area contributed by atoms with Crippen molar-refractivity contribution >= 4 is 66.9 Å². The zero-order valence-electron chi connectivity index (χ0n) is 28.6. The minimum absolute atomic E-state index is 0. The summed E-state index contributed by atoms with van der Waals surface area (Å²) in [5.41, 5.74) is 4.82. The van der Waals surface area contributed by atoms with Crippen LogP contribution in [0.2, 0.25) is 0 Å². The third-order valence-electron chi connectivity index (χ3n) is 7.02. The molecule has 0 atom stereocenters. The van der Waals surface area contributed by atoms with Crippen LogP contribution >= 0.6 is 0 Å². The van der Waals surface area contributed by atoms with Crippen LogP contribution in [-0.2, 0) is 6.54 Å². The Hall–Kier alpha value is -7.02. The van der Waals surface area contributed by atoms with Crippen LogP contribution in [0.4, 0.5) is 58.4 Å². The minimum atomic E-state index is 0. The molecule has 13 heteroatoms. The van der Waals surface area contributed by atoms with Gasteiger partial charge < -0.3 is 31.9 Å². The van der Waals surface area contributed by atoms with Crippen molar-refractivity contribution in [2.24, 2.45) is 0 Å². The highest BCUT2D eigenvalue weighted by molar-refractivity contribution is 5.75. The molecule has 0 aliphatic rings. The molecule has 267 valence electrons. The molecule has 0 unspecified atom stereocenters. The lowest BCUT2D eigenvalue weighted by Crippen LogP contribution is -2.09. The van der Waals surface area contributed by atoms with E-state index in [1.165, 1.54) is 0 Å². The fraction of sp³-hybridized carbons (Fsp3) is 0.100. The van der Waals surface area contributed by atoms with Crippen molar-refractivity contribution in [2.45, 2.75) is 20.9 Å². The Bertz CT molecular complexity index is 1950. The molecule has 5 aromatic carbocycles. The average molecular weight is 705 g/mol. The third-order valence-corrected chi connectivity index (χ3v) is 7.02. The van der Waals surface area contributed by atoms with Crippen molar-refractivity contribution < 1.29 is 1.43 Å². The van der Waals surface area contributed by atoms with Gasteiger partial charge in [-0.15, -0.1) is 0 Å². The van der Waals surface area contributed by atoms with E-state index < -0.39 is 0 Å². The second-order valence-corrected chi connectivity index (χ2v) is 10.9. The van der Waals surface area contributed by atoms with Crippen LogP contribution in [0.15, 0.2) is 152 Å². The lowest BCUT2D eigenvalue weighted by atomic mass is 10.2. The van der Waals surface area contributed by atoms with E-state index in [0.717, 1.165) is 34.9 Å². The molecule has 0 amide bonds. The molecule has 2 aromatic heterocycles. The van der Waals surface area contributed by atoms with Crippen molar-refractivity contribution in [3.8, 4) is 0 Å². The summed E-state index contributed by atoms with van der Waals surface area (Å²) in [6.45, 7) is 3.36. The quantitative estimate of drug-likeness (QED) is 0.0635. The lowest BCUT2D eigenvalue weighted by Gasteiger charge is -2.11. The van der Waals surface area contributed by atoms with Gasteiger partial charge in [-0.1, -0.05) is 111 Å². The number of para-hydroxylation sites is 4. The molecule has 3 radical (unpaired) electrons. The van der Waals surface area contributed by atoms with Gasteiger partial charge in [-0.3, -0.25) is 0 Å². The molecular formula is C40H44BN12. The highest BCUT2D eigenvalue weighted by Crippen LogP contribution is 2.20. The van der Waals surface area contributed by atoms with Gasteiger partial charge >= 0.3 is 0 Å². The normalized spacial score (nSPS) is 9.83. The Kier molecular flexibility index (Phi) is 15.1. The fourth-order valence-electron chi connectivity index (χ4n) is 4.67. The van der Waals surface area contributed by atoms with Crippen molar-refractivity contribution in [3.63, 3.8) is 0 Å². The second-order valence-electron chi connectivity index (χ2n) is 10.9. The number of benzene rings is 5. The first-order valence-corrected chi connectivity index (χ1v) is 16.5. The van der Waals surface area contributed by atoms with Gasteiger partial charge in [-0.25, -0.2) is 0 Å². The summed E-state index contributed by atoms with van der Waals surface area (Å²) < 4.78 is 0. The number of hydrogen-bond acceptors (Lipinski definition) is 12. The second kappa shape index (κ2) is 20.6. The summed E-state index contributed by atoms with van der Waals surface area (Å²) in [5, 5.41) is 19.2.